The second kappa shape index (κ2) is 7.64. The molecule has 1 aliphatic rings. The third kappa shape index (κ3) is 4.34. The van der Waals surface area contributed by atoms with Gasteiger partial charge in [0.25, 0.3) is 5.91 Å². The van der Waals surface area contributed by atoms with Crippen molar-refractivity contribution in [2.45, 2.75) is 52.0 Å². The zero-order valence-corrected chi connectivity index (χ0v) is 13.6. The molecule has 1 amide bonds. The van der Waals surface area contributed by atoms with E-state index in [0.717, 1.165) is 32.4 Å². The maximum absolute atomic E-state index is 12.8. The second-order valence-electron chi connectivity index (χ2n) is 5.69. The highest BCUT2D eigenvalue weighted by atomic mass is 35.5. The summed E-state index contributed by atoms with van der Waals surface area (Å²) in [5.41, 5.74) is 0.627. The van der Waals surface area contributed by atoms with Crippen molar-refractivity contribution in [1.82, 2.24) is 9.88 Å². The molecule has 1 unspecified atom stereocenters. The number of likely N-dealkylation sites (tertiary alicyclic amines) is 1. The SMILES string of the molecule is CCCNc1cc(C(=O)N2CCCCCC2C)cc(Cl)n1. The molecule has 0 bridgehead atoms. The van der Waals surface area contributed by atoms with Gasteiger partial charge in [0, 0.05) is 24.7 Å². The van der Waals surface area contributed by atoms with Crippen molar-refractivity contribution in [1.29, 1.82) is 0 Å². The van der Waals surface area contributed by atoms with E-state index in [1.54, 1.807) is 6.07 Å². The minimum Gasteiger partial charge on any atom is -0.370 e. The van der Waals surface area contributed by atoms with Crippen molar-refractivity contribution in [3.8, 4) is 0 Å². The van der Waals surface area contributed by atoms with Gasteiger partial charge in [0.15, 0.2) is 0 Å². The number of nitrogens with one attached hydrogen (secondary N) is 1. The number of hydrogen-bond donors (Lipinski definition) is 1. The predicted molar refractivity (Wildman–Crippen MR) is 87.0 cm³/mol. The molecule has 0 spiro atoms. The van der Waals surface area contributed by atoms with E-state index in [2.05, 4.69) is 24.1 Å². The number of amides is 1. The number of pyridine rings is 1. The quantitative estimate of drug-likeness (QED) is 0.856. The van der Waals surface area contributed by atoms with E-state index >= 15 is 0 Å². The number of nitrogens with zero attached hydrogens (tertiary/aromatic N) is 2. The lowest BCUT2D eigenvalue weighted by molar-refractivity contribution is 0.0698. The van der Waals surface area contributed by atoms with Crippen LogP contribution in [0.4, 0.5) is 5.82 Å². The highest BCUT2D eigenvalue weighted by molar-refractivity contribution is 6.29. The van der Waals surface area contributed by atoms with E-state index in [4.69, 9.17) is 11.6 Å². The van der Waals surface area contributed by atoms with E-state index < -0.39 is 0 Å². The summed E-state index contributed by atoms with van der Waals surface area (Å²) in [4.78, 5) is 18.9. The van der Waals surface area contributed by atoms with Crippen LogP contribution in [0, 0.1) is 0 Å². The van der Waals surface area contributed by atoms with Crippen molar-refractivity contribution in [2.24, 2.45) is 0 Å². The van der Waals surface area contributed by atoms with Crippen molar-refractivity contribution < 1.29 is 4.79 Å². The van der Waals surface area contributed by atoms with Gasteiger partial charge in [-0.25, -0.2) is 4.98 Å². The number of carbonyl (C=O) groups is 1. The van der Waals surface area contributed by atoms with Crippen LogP contribution in [0.2, 0.25) is 5.15 Å². The van der Waals surface area contributed by atoms with Gasteiger partial charge in [0.1, 0.15) is 11.0 Å². The molecule has 5 heteroatoms. The Hall–Kier alpha value is -1.29. The molecule has 1 aromatic rings. The van der Waals surface area contributed by atoms with Crippen molar-refractivity contribution in [3.05, 3.63) is 22.8 Å². The Morgan fingerprint density at radius 2 is 2.24 bits per heavy atom. The monoisotopic (exact) mass is 309 g/mol. The molecule has 0 aromatic carbocycles. The van der Waals surface area contributed by atoms with Crippen LogP contribution in [0.25, 0.3) is 0 Å². The van der Waals surface area contributed by atoms with Crippen LogP contribution in [-0.4, -0.2) is 34.9 Å². The average molecular weight is 310 g/mol. The normalized spacial score (nSPS) is 19.2. The number of anilines is 1. The first-order chi connectivity index (χ1) is 10.1. The molecule has 116 valence electrons. The fraction of sp³-hybridized carbons (Fsp3) is 0.625. The largest absolute Gasteiger partial charge is 0.370 e. The number of carbonyl (C=O) groups excluding carboxylic acids is 1. The Morgan fingerprint density at radius 1 is 1.43 bits per heavy atom. The van der Waals surface area contributed by atoms with E-state index in [1.165, 1.54) is 12.8 Å². The predicted octanol–water partition coefficient (Wildman–Crippen LogP) is 3.96. The molecule has 0 saturated carbocycles. The zero-order valence-electron chi connectivity index (χ0n) is 12.9. The minimum atomic E-state index is 0.0632. The minimum absolute atomic E-state index is 0.0632. The van der Waals surface area contributed by atoms with Gasteiger partial charge >= 0.3 is 0 Å². The Labute approximate surface area is 131 Å². The summed E-state index contributed by atoms with van der Waals surface area (Å²) < 4.78 is 0. The van der Waals surface area contributed by atoms with Crippen LogP contribution < -0.4 is 5.32 Å². The summed E-state index contributed by atoms with van der Waals surface area (Å²) in [5.74, 6) is 0.739. The van der Waals surface area contributed by atoms with Crippen LogP contribution in [-0.2, 0) is 0 Å². The molecule has 1 fully saturated rings. The van der Waals surface area contributed by atoms with Gasteiger partial charge in [-0.15, -0.1) is 0 Å². The molecule has 2 heterocycles. The Kier molecular flexibility index (Phi) is 5.85. The van der Waals surface area contributed by atoms with Gasteiger partial charge in [-0.1, -0.05) is 31.4 Å². The van der Waals surface area contributed by atoms with Crippen LogP contribution in [0.3, 0.4) is 0 Å². The van der Waals surface area contributed by atoms with E-state index in [0.29, 0.717) is 22.6 Å². The molecule has 1 N–H and O–H groups in total. The molecule has 2 rings (SSSR count). The third-order valence-corrected chi connectivity index (χ3v) is 4.10. The van der Waals surface area contributed by atoms with Crippen molar-refractivity contribution in [3.63, 3.8) is 0 Å². The Balaban J connectivity index is 2.19. The Bertz CT molecular complexity index is 492. The smallest absolute Gasteiger partial charge is 0.254 e. The van der Waals surface area contributed by atoms with Gasteiger partial charge in [0.05, 0.1) is 0 Å². The van der Waals surface area contributed by atoms with Gasteiger partial charge in [-0.05, 0) is 38.3 Å². The average Bonchev–Trinajstić information content (AvgIpc) is 2.68. The summed E-state index contributed by atoms with van der Waals surface area (Å²) in [6.45, 7) is 5.86. The summed E-state index contributed by atoms with van der Waals surface area (Å²) in [6, 6.07) is 3.76. The maximum atomic E-state index is 12.8. The highest BCUT2D eigenvalue weighted by Crippen LogP contribution is 2.21. The second-order valence-corrected chi connectivity index (χ2v) is 6.07. The van der Waals surface area contributed by atoms with E-state index in [-0.39, 0.29) is 5.91 Å². The fourth-order valence-corrected chi connectivity index (χ4v) is 2.92. The lowest BCUT2D eigenvalue weighted by Crippen LogP contribution is -2.38. The molecule has 0 aliphatic carbocycles. The van der Waals surface area contributed by atoms with Crippen molar-refractivity contribution in [2.75, 3.05) is 18.4 Å². The summed E-state index contributed by atoms with van der Waals surface area (Å²) in [5, 5.41) is 3.55. The summed E-state index contributed by atoms with van der Waals surface area (Å²) in [7, 11) is 0. The molecule has 21 heavy (non-hydrogen) atoms. The van der Waals surface area contributed by atoms with Gasteiger partial charge in [0.2, 0.25) is 0 Å². The fourth-order valence-electron chi connectivity index (χ4n) is 2.71. The first-order valence-corrected chi connectivity index (χ1v) is 8.22. The van der Waals surface area contributed by atoms with Crippen LogP contribution in [0.15, 0.2) is 12.1 Å². The molecule has 0 radical (unpaired) electrons. The molecular formula is C16H24ClN3O. The molecule has 1 aromatic heterocycles. The van der Waals surface area contributed by atoms with Gasteiger partial charge < -0.3 is 10.2 Å². The molecule has 4 nitrogen and oxygen atoms in total. The standard InChI is InChI=1S/C16H24ClN3O/c1-3-8-18-15-11-13(10-14(17)19-15)16(21)20-9-6-4-5-7-12(20)2/h10-12H,3-9H2,1-2H3,(H,18,19). The molecular weight excluding hydrogens is 286 g/mol. The van der Waals surface area contributed by atoms with Gasteiger partial charge in [-0.2, -0.15) is 0 Å². The zero-order chi connectivity index (χ0) is 15.2. The van der Waals surface area contributed by atoms with E-state index in [9.17, 15) is 4.79 Å². The van der Waals surface area contributed by atoms with Crippen LogP contribution >= 0.6 is 11.6 Å². The highest BCUT2D eigenvalue weighted by Gasteiger charge is 2.23. The number of aromatic nitrogens is 1. The molecule has 1 saturated heterocycles. The summed E-state index contributed by atoms with van der Waals surface area (Å²) in [6.07, 6.45) is 5.56. The summed E-state index contributed by atoms with van der Waals surface area (Å²) >= 11 is 6.06. The van der Waals surface area contributed by atoms with Crippen LogP contribution in [0.1, 0.15) is 56.3 Å². The lowest BCUT2D eigenvalue weighted by Gasteiger charge is -2.27. The van der Waals surface area contributed by atoms with Crippen molar-refractivity contribution >= 4 is 23.3 Å². The topological polar surface area (TPSA) is 45.2 Å². The molecule has 1 atom stereocenters. The third-order valence-electron chi connectivity index (χ3n) is 3.91. The van der Waals surface area contributed by atoms with E-state index in [1.807, 2.05) is 11.0 Å². The number of rotatable bonds is 4. The Morgan fingerprint density at radius 3 is 3.00 bits per heavy atom. The maximum Gasteiger partial charge on any atom is 0.254 e. The first kappa shape index (κ1) is 16.1. The van der Waals surface area contributed by atoms with Gasteiger partial charge in [-0.3, -0.25) is 4.79 Å². The van der Waals surface area contributed by atoms with Crippen LogP contribution in [0.5, 0.6) is 0 Å². The number of hydrogen-bond acceptors (Lipinski definition) is 3. The first-order valence-electron chi connectivity index (χ1n) is 7.84. The number of halogens is 1. The molecule has 1 aliphatic heterocycles. The lowest BCUT2D eigenvalue weighted by atomic mass is 10.1.